The minimum atomic E-state index is -0.0930. The van der Waals surface area contributed by atoms with Crippen LogP contribution < -0.4 is 15.8 Å². The third-order valence-electron chi connectivity index (χ3n) is 2.45. The number of methoxy groups -OCH3 is 1. The molecule has 0 fully saturated rings. The predicted molar refractivity (Wildman–Crippen MR) is 64.9 cm³/mol. The van der Waals surface area contributed by atoms with Gasteiger partial charge in [-0.3, -0.25) is 4.79 Å². The largest absolute Gasteiger partial charge is 0.495 e. The summed E-state index contributed by atoms with van der Waals surface area (Å²) in [6, 6.07) is 5.73. The molecule has 0 radical (unpaired) electrons. The van der Waals surface area contributed by atoms with Crippen LogP contribution >= 0.6 is 11.8 Å². The number of thioether (sulfide) groups is 1. The lowest BCUT2D eigenvalue weighted by Crippen LogP contribution is -2.30. The highest BCUT2D eigenvalue weighted by atomic mass is 32.2. The first-order valence-electron chi connectivity index (χ1n) is 5.11. The summed E-state index contributed by atoms with van der Waals surface area (Å²) in [5.41, 5.74) is 6.25. The van der Waals surface area contributed by atoms with Gasteiger partial charge in [0.2, 0.25) is 5.91 Å². The average Bonchev–Trinajstić information content (AvgIpc) is 2.30. The third kappa shape index (κ3) is 2.01. The minimum Gasteiger partial charge on any atom is -0.495 e. The molecule has 5 heteroatoms. The van der Waals surface area contributed by atoms with Gasteiger partial charge in [-0.2, -0.15) is 0 Å². The summed E-state index contributed by atoms with van der Waals surface area (Å²) in [4.78, 5) is 12.8. The molecule has 2 rings (SSSR count). The summed E-state index contributed by atoms with van der Waals surface area (Å²) < 4.78 is 5.20. The number of para-hydroxylation sites is 1. The summed E-state index contributed by atoms with van der Waals surface area (Å²) in [6.07, 6.45) is 0.688. The van der Waals surface area contributed by atoms with Crippen LogP contribution in [0.25, 0.3) is 0 Å². The van der Waals surface area contributed by atoms with Gasteiger partial charge in [-0.25, -0.2) is 0 Å². The highest BCUT2D eigenvalue weighted by Crippen LogP contribution is 2.41. The fourth-order valence-electron chi connectivity index (χ4n) is 1.65. The topological polar surface area (TPSA) is 64.3 Å². The molecule has 0 aromatic heterocycles. The number of fused-ring (bicyclic) bond motifs is 1. The van der Waals surface area contributed by atoms with E-state index in [1.54, 1.807) is 18.9 Å². The Morgan fingerprint density at radius 2 is 2.38 bits per heavy atom. The van der Waals surface area contributed by atoms with Gasteiger partial charge in [0, 0.05) is 4.90 Å². The lowest BCUT2D eigenvalue weighted by Gasteiger charge is -2.24. The Morgan fingerprint density at radius 1 is 1.56 bits per heavy atom. The molecule has 0 bridgehead atoms. The molecule has 1 amide bonds. The molecular weight excluding hydrogens is 224 g/mol. The molecule has 3 N–H and O–H groups in total. The van der Waals surface area contributed by atoms with E-state index < -0.39 is 0 Å². The Labute approximate surface area is 98.5 Å². The van der Waals surface area contributed by atoms with E-state index in [1.807, 2.05) is 18.2 Å². The standard InChI is InChI=1S/C11H14N2O2S/c1-15-7-3-2-4-8-10(7)13-11(14)9(16-8)5-6-12/h2-4,9H,5-6,12H2,1H3,(H,13,14). The van der Waals surface area contributed by atoms with E-state index in [4.69, 9.17) is 10.5 Å². The maximum Gasteiger partial charge on any atom is 0.238 e. The monoisotopic (exact) mass is 238 g/mol. The van der Waals surface area contributed by atoms with E-state index in [0.29, 0.717) is 18.7 Å². The van der Waals surface area contributed by atoms with Crippen LogP contribution in [0.1, 0.15) is 6.42 Å². The summed E-state index contributed by atoms with van der Waals surface area (Å²) >= 11 is 1.55. The van der Waals surface area contributed by atoms with Crippen LogP contribution in [0.2, 0.25) is 0 Å². The van der Waals surface area contributed by atoms with Gasteiger partial charge in [0.15, 0.2) is 0 Å². The number of carbonyl (C=O) groups is 1. The van der Waals surface area contributed by atoms with Crippen LogP contribution in [0.5, 0.6) is 5.75 Å². The van der Waals surface area contributed by atoms with Crippen molar-refractivity contribution in [3.05, 3.63) is 18.2 Å². The summed E-state index contributed by atoms with van der Waals surface area (Å²) in [7, 11) is 1.60. The number of carbonyl (C=O) groups excluding carboxylic acids is 1. The zero-order valence-corrected chi connectivity index (χ0v) is 9.84. The molecule has 1 atom stereocenters. The van der Waals surface area contributed by atoms with Crippen molar-refractivity contribution in [1.29, 1.82) is 0 Å². The van der Waals surface area contributed by atoms with Gasteiger partial charge in [0.05, 0.1) is 18.0 Å². The van der Waals surface area contributed by atoms with Gasteiger partial charge >= 0.3 is 0 Å². The second-order valence-corrected chi connectivity index (χ2v) is 4.75. The van der Waals surface area contributed by atoms with Gasteiger partial charge in [-0.05, 0) is 25.1 Å². The lowest BCUT2D eigenvalue weighted by atomic mass is 10.2. The number of anilines is 1. The van der Waals surface area contributed by atoms with Gasteiger partial charge in [-0.1, -0.05) is 6.07 Å². The molecule has 0 saturated heterocycles. The maximum atomic E-state index is 11.8. The first-order valence-corrected chi connectivity index (χ1v) is 5.99. The second-order valence-electron chi connectivity index (χ2n) is 3.51. The molecule has 1 unspecified atom stereocenters. The van der Waals surface area contributed by atoms with Crippen molar-refractivity contribution >= 4 is 23.4 Å². The molecule has 1 aliphatic heterocycles. The highest BCUT2D eigenvalue weighted by molar-refractivity contribution is 8.01. The number of amides is 1. The van der Waals surface area contributed by atoms with Gasteiger partial charge in [-0.15, -0.1) is 11.8 Å². The average molecular weight is 238 g/mol. The van der Waals surface area contributed by atoms with Gasteiger partial charge in [0.1, 0.15) is 5.75 Å². The number of rotatable bonds is 3. The van der Waals surface area contributed by atoms with Crippen molar-refractivity contribution in [2.75, 3.05) is 19.0 Å². The van der Waals surface area contributed by atoms with E-state index in [1.165, 1.54) is 0 Å². The Balaban J connectivity index is 2.30. The Morgan fingerprint density at radius 3 is 3.06 bits per heavy atom. The van der Waals surface area contributed by atoms with Crippen molar-refractivity contribution in [1.82, 2.24) is 0 Å². The van der Waals surface area contributed by atoms with Crippen molar-refractivity contribution in [3.8, 4) is 5.75 Å². The quantitative estimate of drug-likeness (QED) is 0.836. The van der Waals surface area contributed by atoms with Gasteiger partial charge < -0.3 is 15.8 Å². The number of hydrogen-bond donors (Lipinski definition) is 2. The third-order valence-corrected chi connectivity index (χ3v) is 3.78. The Bertz CT molecular complexity index is 409. The van der Waals surface area contributed by atoms with Gasteiger partial charge in [0.25, 0.3) is 0 Å². The van der Waals surface area contributed by atoms with E-state index in [-0.39, 0.29) is 11.2 Å². The number of hydrogen-bond acceptors (Lipinski definition) is 4. The minimum absolute atomic E-state index is 0.00690. The smallest absolute Gasteiger partial charge is 0.238 e. The normalized spacial score (nSPS) is 18.9. The molecule has 1 aliphatic rings. The zero-order chi connectivity index (χ0) is 11.5. The fraction of sp³-hybridized carbons (Fsp3) is 0.364. The van der Waals surface area contributed by atoms with Crippen LogP contribution in [0.15, 0.2) is 23.1 Å². The van der Waals surface area contributed by atoms with Crippen LogP contribution in [-0.2, 0) is 4.79 Å². The maximum absolute atomic E-state index is 11.8. The first-order chi connectivity index (χ1) is 7.76. The molecule has 86 valence electrons. The van der Waals surface area contributed by atoms with E-state index >= 15 is 0 Å². The number of benzene rings is 1. The molecule has 1 aromatic carbocycles. The summed E-state index contributed by atoms with van der Waals surface area (Å²) in [5.74, 6) is 0.706. The summed E-state index contributed by atoms with van der Waals surface area (Å²) in [5, 5.41) is 2.78. The predicted octanol–water partition coefficient (Wildman–Crippen LogP) is 1.46. The van der Waals surface area contributed by atoms with E-state index in [2.05, 4.69) is 5.32 Å². The molecule has 0 saturated carbocycles. The second kappa shape index (κ2) is 4.76. The molecule has 0 aliphatic carbocycles. The van der Waals surface area contributed by atoms with Crippen LogP contribution in [-0.4, -0.2) is 24.8 Å². The first kappa shape index (κ1) is 11.3. The Hall–Kier alpha value is -1.20. The zero-order valence-electron chi connectivity index (χ0n) is 9.03. The highest BCUT2D eigenvalue weighted by Gasteiger charge is 2.27. The van der Waals surface area contributed by atoms with E-state index in [9.17, 15) is 4.79 Å². The molecule has 1 heterocycles. The van der Waals surface area contributed by atoms with Crippen LogP contribution in [0.4, 0.5) is 5.69 Å². The molecule has 1 aromatic rings. The fourth-order valence-corrected chi connectivity index (χ4v) is 2.81. The molecule has 4 nitrogen and oxygen atoms in total. The molecule has 0 spiro atoms. The summed E-state index contributed by atoms with van der Waals surface area (Å²) in [6.45, 7) is 0.518. The van der Waals surface area contributed by atoms with Crippen molar-refractivity contribution in [2.45, 2.75) is 16.6 Å². The SMILES string of the molecule is COc1cccc2c1NC(=O)C(CCN)S2. The molecular formula is C11H14N2O2S. The lowest BCUT2D eigenvalue weighted by molar-refractivity contribution is -0.115. The number of ether oxygens (including phenoxy) is 1. The van der Waals surface area contributed by atoms with Crippen molar-refractivity contribution in [2.24, 2.45) is 5.73 Å². The van der Waals surface area contributed by atoms with Crippen LogP contribution in [0.3, 0.4) is 0 Å². The molecule has 16 heavy (non-hydrogen) atoms. The number of nitrogens with one attached hydrogen (secondary N) is 1. The van der Waals surface area contributed by atoms with E-state index in [0.717, 1.165) is 10.6 Å². The van der Waals surface area contributed by atoms with Crippen molar-refractivity contribution in [3.63, 3.8) is 0 Å². The van der Waals surface area contributed by atoms with Crippen LogP contribution in [0, 0.1) is 0 Å². The Kier molecular flexibility index (Phi) is 3.36. The van der Waals surface area contributed by atoms with Crippen molar-refractivity contribution < 1.29 is 9.53 Å². The number of nitrogens with two attached hydrogens (primary N) is 1.